The molecule has 0 bridgehead atoms. The molecule has 2 aromatic rings. The fourth-order valence-electron chi connectivity index (χ4n) is 1.92. The van der Waals surface area contributed by atoms with Crippen molar-refractivity contribution in [2.24, 2.45) is 0 Å². The Bertz CT molecular complexity index is 944. The fourth-order valence-corrected chi connectivity index (χ4v) is 3.33. The van der Waals surface area contributed by atoms with Crippen molar-refractivity contribution in [1.82, 2.24) is 5.32 Å². The normalized spacial score (nSPS) is 12.5. The van der Waals surface area contributed by atoms with E-state index in [1.165, 1.54) is 18.2 Å². The van der Waals surface area contributed by atoms with Gasteiger partial charge < -0.3 is 5.32 Å². The van der Waals surface area contributed by atoms with Crippen LogP contribution in [-0.4, -0.2) is 27.8 Å². The summed E-state index contributed by atoms with van der Waals surface area (Å²) in [5.41, 5.74) is -0.0994. The molecule has 2 aromatic carbocycles. The first-order valence-corrected chi connectivity index (χ1v) is 9.19. The Kier molecular flexibility index (Phi) is 7.02. The quantitative estimate of drug-likeness (QED) is 0.626. The second kappa shape index (κ2) is 8.89. The molecule has 12 heteroatoms. The maximum absolute atomic E-state index is 13.2. The van der Waals surface area contributed by atoms with E-state index in [-0.39, 0.29) is 21.3 Å². The molecule has 3 amide bonds. The summed E-state index contributed by atoms with van der Waals surface area (Å²) in [7, 11) is -3.36. The number of anilines is 1. The van der Waals surface area contributed by atoms with Crippen molar-refractivity contribution >= 4 is 51.6 Å². The summed E-state index contributed by atoms with van der Waals surface area (Å²) < 4.78 is 62.6. The largest absolute Gasteiger partial charge is 0.384 e. The van der Waals surface area contributed by atoms with Crippen LogP contribution in [0.5, 0.6) is 0 Å². The van der Waals surface area contributed by atoms with Gasteiger partial charge >= 0.3 is 17.7 Å². The minimum absolute atomic E-state index is 0.0328. The van der Waals surface area contributed by atoms with Crippen LogP contribution in [-0.2, 0) is 10.8 Å². The highest BCUT2D eigenvalue weighted by molar-refractivity contribution is 7.86. The van der Waals surface area contributed by atoms with Gasteiger partial charge in [0, 0.05) is 4.90 Å². The Morgan fingerprint density at radius 3 is 2.25 bits per heavy atom. The highest BCUT2D eigenvalue weighted by Gasteiger charge is 2.48. The van der Waals surface area contributed by atoms with Crippen LogP contribution in [0.3, 0.4) is 0 Å². The van der Waals surface area contributed by atoms with Crippen molar-refractivity contribution < 1.29 is 31.4 Å². The lowest BCUT2D eigenvalue weighted by molar-refractivity contribution is -0.0602. The second-order valence-corrected chi connectivity index (χ2v) is 7.53. The van der Waals surface area contributed by atoms with Gasteiger partial charge in [-0.2, -0.15) is 8.78 Å². The van der Waals surface area contributed by atoms with Gasteiger partial charge in [-0.25, -0.2) is 17.8 Å². The molecule has 28 heavy (non-hydrogen) atoms. The molecule has 1 atom stereocenters. The van der Waals surface area contributed by atoms with Gasteiger partial charge in [-0.05, 0) is 30.3 Å². The van der Waals surface area contributed by atoms with Gasteiger partial charge in [0.2, 0.25) is 0 Å². The maximum Gasteiger partial charge on any atom is 0.384 e. The fraction of sp³-hybridized carbons (Fsp3) is 0.125. The molecule has 150 valence electrons. The van der Waals surface area contributed by atoms with E-state index >= 15 is 0 Å². The van der Waals surface area contributed by atoms with E-state index in [4.69, 9.17) is 23.2 Å². The lowest BCUT2D eigenvalue weighted by Gasteiger charge is -2.15. The number of imide groups is 1. The van der Waals surface area contributed by atoms with Gasteiger partial charge in [0.15, 0.2) is 0 Å². The molecule has 0 saturated heterocycles. The SMILES string of the molecule is O=C(NC(=O)c1ccccc1Cl)Nc1ccc(S(=O)C(F)(F)C(F)F)cc1Cl. The molecular formula is C16H10Cl2F4N2O3S. The average Bonchev–Trinajstić information content (AvgIpc) is 2.62. The van der Waals surface area contributed by atoms with Crippen LogP contribution in [0.2, 0.25) is 10.0 Å². The van der Waals surface area contributed by atoms with Crippen LogP contribution in [0.25, 0.3) is 0 Å². The summed E-state index contributed by atoms with van der Waals surface area (Å²) in [4.78, 5) is 23.2. The van der Waals surface area contributed by atoms with Gasteiger partial charge in [-0.15, -0.1) is 0 Å². The van der Waals surface area contributed by atoms with E-state index in [1.54, 1.807) is 6.07 Å². The summed E-state index contributed by atoms with van der Waals surface area (Å²) in [6, 6.07) is 7.49. The molecule has 0 aliphatic carbocycles. The molecular weight excluding hydrogens is 447 g/mol. The molecule has 0 spiro atoms. The molecule has 0 aliphatic heterocycles. The summed E-state index contributed by atoms with van der Waals surface area (Å²) in [5.74, 6) is -0.812. The van der Waals surface area contributed by atoms with Crippen LogP contribution in [0, 0.1) is 0 Å². The van der Waals surface area contributed by atoms with E-state index in [2.05, 4.69) is 5.32 Å². The Morgan fingerprint density at radius 2 is 1.68 bits per heavy atom. The second-order valence-electron chi connectivity index (χ2n) is 5.16. The first-order valence-electron chi connectivity index (χ1n) is 7.28. The Balaban J connectivity index is 2.11. The number of benzene rings is 2. The Morgan fingerprint density at radius 1 is 1.04 bits per heavy atom. The number of alkyl halides is 4. The minimum Gasteiger partial charge on any atom is -0.306 e. The lowest BCUT2D eigenvalue weighted by Crippen LogP contribution is -2.34. The summed E-state index contributed by atoms with van der Waals surface area (Å²) in [6.45, 7) is 0. The molecule has 2 N–H and O–H groups in total. The molecule has 0 radical (unpaired) electrons. The van der Waals surface area contributed by atoms with E-state index in [9.17, 15) is 31.4 Å². The third-order valence-corrected chi connectivity index (χ3v) is 5.25. The predicted molar refractivity (Wildman–Crippen MR) is 96.7 cm³/mol. The summed E-state index contributed by atoms with van der Waals surface area (Å²) >= 11 is 11.6. The van der Waals surface area contributed by atoms with Crippen LogP contribution in [0.4, 0.5) is 28.0 Å². The number of halogens is 6. The maximum atomic E-state index is 13.2. The first-order chi connectivity index (χ1) is 13.0. The third kappa shape index (κ3) is 5.00. The molecule has 0 aliphatic rings. The van der Waals surface area contributed by atoms with Gasteiger partial charge in [0.25, 0.3) is 5.91 Å². The van der Waals surface area contributed by atoms with Crippen LogP contribution < -0.4 is 10.6 Å². The van der Waals surface area contributed by atoms with Crippen LogP contribution in [0.1, 0.15) is 10.4 Å². The summed E-state index contributed by atoms with van der Waals surface area (Å²) in [6.07, 6.45) is -4.13. The predicted octanol–water partition coefficient (Wildman–Crippen LogP) is 4.92. The van der Waals surface area contributed by atoms with E-state index in [0.29, 0.717) is 0 Å². The smallest absolute Gasteiger partial charge is 0.306 e. The van der Waals surface area contributed by atoms with Crippen molar-refractivity contribution in [2.75, 3.05) is 5.32 Å². The molecule has 0 aromatic heterocycles. The minimum atomic E-state index is -4.77. The zero-order chi connectivity index (χ0) is 21.1. The van der Waals surface area contributed by atoms with E-state index in [0.717, 1.165) is 18.2 Å². The molecule has 5 nitrogen and oxygen atoms in total. The number of amides is 3. The molecule has 2 rings (SSSR count). The Hall–Kier alpha value is -2.17. The number of nitrogens with one attached hydrogen (secondary N) is 2. The van der Waals surface area contributed by atoms with Gasteiger partial charge in [0.05, 0.1) is 21.3 Å². The number of hydrogen-bond donors (Lipinski definition) is 2. The van der Waals surface area contributed by atoms with Crippen molar-refractivity contribution in [3.63, 3.8) is 0 Å². The lowest BCUT2D eigenvalue weighted by atomic mass is 10.2. The molecule has 0 saturated carbocycles. The average molecular weight is 457 g/mol. The Labute approximate surface area is 168 Å². The molecule has 0 fully saturated rings. The number of rotatable bonds is 5. The number of urea groups is 1. The molecule has 1 unspecified atom stereocenters. The zero-order valence-corrected chi connectivity index (χ0v) is 15.8. The van der Waals surface area contributed by atoms with E-state index < -0.39 is 39.3 Å². The highest BCUT2D eigenvalue weighted by Crippen LogP contribution is 2.33. The number of hydrogen-bond acceptors (Lipinski definition) is 3. The van der Waals surface area contributed by atoms with Gasteiger partial charge in [0.1, 0.15) is 10.8 Å². The number of carbonyl (C=O) groups excluding carboxylic acids is 2. The van der Waals surface area contributed by atoms with Gasteiger partial charge in [-0.3, -0.25) is 10.1 Å². The third-order valence-electron chi connectivity index (χ3n) is 3.25. The summed E-state index contributed by atoms with van der Waals surface area (Å²) in [5, 5.41) is -0.853. The zero-order valence-electron chi connectivity index (χ0n) is 13.5. The van der Waals surface area contributed by atoms with Crippen molar-refractivity contribution in [3.05, 3.63) is 58.1 Å². The van der Waals surface area contributed by atoms with Crippen molar-refractivity contribution in [3.8, 4) is 0 Å². The monoisotopic (exact) mass is 456 g/mol. The van der Waals surface area contributed by atoms with Gasteiger partial charge in [-0.1, -0.05) is 35.3 Å². The van der Waals surface area contributed by atoms with Crippen LogP contribution in [0.15, 0.2) is 47.4 Å². The first kappa shape index (κ1) is 22.1. The van der Waals surface area contributed by atoms with Crippen LogP contribution >= 0.6 is 23.2 Å². The van der Waals surface area contributed by atoms with Crippen molar-refractivity contribution in [2.45, 2.75) is 16.6 Å². The standard InChI is InChI=1S/C16H10Cl2F4N2O3S/c17-10-4-2-1-3-9(10)13(25)24-15(26)23-12-6-5-8(7-11(12)18)28(27)16(21,22)14(19)20/h1-7,14H,(H2,23,24,25,26). The molecule has 0 heterocycles. The highest BCUT2D eigenvalue weighted by atomic mass is 35.5. The number of carbonyl (C=O) groups is 2. The topological polar surface area (TPSA) is 75.3 Å². The van der Waals surface area contributed by atoms with Crippen molar-refractivity contribution in [1.29, 1.82) is 0 Å². The van der Waals surface area contributed by atoms with E-state index in [1.807, 2.05) is 5.32 Å².